The fourth-order valence-electron chi connectivity index (χ4n) is 1.63. The van der Waals surface area contributed by atoms with Crippen molar-refractivity contribution >= 4 is 28.1 Å². The van der Waals surface area contributed by atoms with Crippen molar-refractivity contribution in [2.24, 2.45) is 0 Å². The van der Waals surface area contributed by atoms with E-state index in [0.29, 0.717) is 28.8 Å². The van der Waals surface area contributed by atoms with Crippen LogP contribution in [-0.4, -0.2) is 20.7 Å². The molecule has 0 fully saturated rings. The van der Waals surface area contributed by atoms with Crippen LogP contribution >= 0.6 is 11.3 Å². The fourth-order valence-corrected chi connectivity index (χ4v) is 2.31. The molecule has 2 rings (SSSR count). The zero-order chi connectivity index (χ0) is 13.3. The highest BCUT2D eigenvalue weighted by atomic mass is 32.1. The van der Waals surface area contributed by atoms with Crippen molar-refractivity contribution in [3.05, 3.63) is 22.5 Å². The number of aryl methyl sites for hydroxylation is 3. The van der Waals surface area contributed by atoms with Crippen molar-refractivity contribution in [1.29, 1.82) is 0 Å². The maximum absolute atomic E-state index is 12.2. The molecule has 1 amide bonds. The highest BCUT2D eigenvalue weighted by molar-refractivity contribution is 7.13. The summed E-state index contributed by atoms with van der Waals surface area (Å²) in [5, 5.41) is 9.39. The number of nitrogen functional groups attached to an aromatic ring is 1. The van der Waals surface area contributed by atoms with Crippen LogP contribution in [-0.2, 0) is 6.54 Å². The second kappa shape index (κ2) is 4.77. The lowest BCUT2D eigenvalue weighted by Crippen LogP contribution is -2.18. The smallest absolute Gasteiger partial charge is 0.277 e. The average molecular weight is 265 g/mol. The van der Waals surface area contributed by atoms with Gasteiger partial charge >= 0.3 is 0 Å². The summed E-state index contributed by atoms with van der Waals surface area (Å²) in [6.45, 7) is 6.17. The Morgan fingerprint density at radius 3 is 2.83 bits per heavy atom. The zero-order valence-electron chi connectivity index (χ0n) is 10.5. The molecular formula is C11H15N5OS. The fraction of sp³-hybridized carbons (Fsp3) is 0.364. The van der Waals surface area contributed by atoms with Crippen molar-refractivity contribution in [3.8, 4) is 0 Å². The number of thiazole rings is 1. The third-order valence-electron chi connectivity index (χ3n) is 2.53. The summed E-state index contributed by atoms with van der Waals surface area (Å²) in [4.78, 5) is 16.3. The van der Waals surface area contributed by atoms with E-state index in [4.69, 9.17) is 5.73 Å². The number of hydrogen-bond acceptors (Lipinski definition) is 5. The average Bonchev–Trinajstić information content (AvgIpc) is 2.84. The minimum Gasteiger partial charge on any atom is -0.395 e. The Morgan fingerprint density at radius 2 is 2.28 bits per heavy atom. The van der Waals surface area contributed by atoms with Gasteiger partial charge in [-0.05, 0) is 20.8 Å². The molecule has 0 aliphatic rings. The Morgan fingerprint density at radius 1 is 1.56 bits per heavy atom. The van der Waals surface area contributed by atoms with Crippen molar-refractivity contribution in [1.82, 2.24) is 14.8 Å². The predicted molar refractivity (Wildman–Crippen MR) is 71.9 cm³/mol. The van der Waals surface area contributed by atoms with Gasteiger partial charge in [0.2, 0.25) is 0 Å². The molecule has 2 heterocycles. The SMILES string of the molecule is CCn1nc(C)c(N)c1C(=O)Nc1nc(C)cs1. The number of amides is 1. The Labute approximate surface area is 109 Å². The van der Waals surface area contributed by atoms with E-state index in [9.17, 15) is 4.79 Å². The van der Waals surface area contributed by atoms with Gasteiger partial charge in [0.05, 0.1) is 17.1 Å². The van der Waals surface area contributed by atoms with Gasteiger partial charge in [-0.2, -0.15) is 5.10 Å². The molecule has 6 nitrogen and oxygen atoms in total. The van der Waals surface area contributed by atoms with Crippen LogP contribution in [0.5, 0.6) is 0 Å². The second-order valence-corrected chi connectivity index (χ2v) is 4.77. The summed E-state index contributed by atoms with van der Waals surface area (Å²) in [7, 11) is 0. The largest absolute Gasteiger partial charge is 0.395 e. The third-order valence-corrected chi connectivity index (χ3v) is 3.40. The first-order chi connectivity index (χ1) is 8.52. The number of nitrogens with one attached hydrogen (secondary N) is 1. The van der Waals surface area contributed by atoms with Gasteiger partial charge in [0, 0.05) is 11.9 Å². The summed E-state index contributed by atoms with van der Waals surface area (Å²) in [6.07, 6.45) is 0. The van der Waals surface area contributed by atoms with Gasteiger partial charge in [-0.15, -0.1) is 11.3 Å². The van der Waals surface area contributed by atoms with E-state index in [-0.39, 0.29) is 5.91 Å². The molecule has 0 atom stereocenters. The molecule has 0 aromatic carbocycles. The predicted octanol–water partition coefficient (Wildman–Crippen LogP) is 1.81. The van der Waals surface area contributed by atoms with Gasteiger partial charge in [0.1, 0.15) is 5.69 Å². The van der Waals surface area contributed by atoms with Crippen LogP contribution < -0.4 is 11.1 Å². The number of carbonyl (C=O) groups is 1. The molecule has 3 N–H and O–H groups in total. The van der Waals surface area contributed by atoms with Gasteiger partial charge in [0.15, 0.2) is 5.13 Å². The first-order valence-electron chi connectivity index (χ1n) is 5.59. The maximum atomic E-state index is 12.2. The molecule has 0 spiro atoms. The first-order valence-corrected chi connectivity index (χ1v) is 6.47. The highest BCUT2D eigenvalue weighted by Crippen LogP contribution is 2.20. The van der Waals surface area contributed by atoms with Crippen LogP contribution in [0.4, 0.5) is 10.8 Å². The number of anilines is 2. The van der Waals surface area contributed by atoms with E-state index in [0.717, 1.165) is 5.69 Å². The number of nitrogens with two attached hydrogens (primary N) is 1. The Hall–Kier alpha value is -1.89. The summed E-state index contributed by atoms with van der Waals surface area (Å²) in [6, 6.07) is 0. The summed E-state index contributed by atoms with van der Waals surface area (Å²) in [5.41, 5.74) is 8.23. The molecule has 0 aliphatic carbocycles. The number of nitrogens with zero attached hydrogens (tertiary/aromatic N) is 3. The van der Waals surface area contributed by atoms with Crippen LogP contribution in [0.15, 0.2) is 5.38 Å². The molecule has 0 saturated carbocycles. The van der Waals surface area contributed by atoms with Crippen LogP contribution in [0.25, 0.3) is 0 Å². The van der Waals surface area contributed by atoms with Crippen molar-refractivity contribution in [2.75, 3.05) is 11.1 Å². The zero-order valence-corrected chi connectivity index (χ0v) is 11.3. The van der Waals surface area contributed by atoms with Gasteiger partial charge in [-0.1, -0.05) is 0 Å². The maximum Gasteiger partial charge on any atom is 0.277 e. The van der Waals surface area contributed by atoms with Crippen molar-refractivity contribution < 1.29 is 4.79 Å². The molecule has 0 unspecified atom stereocenters. The topological polar surface area (TPSA) is 85.8 Å². The molecule has 18 heavy (non-hydrogen) atoms. The van der Waals surface area contributed by atoms with Crippen molar-refractivity contribution in [2.45, 2.75) is 27.3 Å². The summed E-state index contributed by atoms with van der Waals surface area (Å²) >= 11 is 1.39. The van der Waals surface area contributed by atoms with Gasteiger partial charge in [-0.3, -0.25) is 14.8 Å². The van der Waals surface area contributed by atoms with Crippen LogP contribution in [0.2, 0.25) is 0 Å². The summed E-state index contributed by atoms with van der Waals surface area (Å²) in [5.74, 6) is -0.274. The molecule has 2 aromatic rings. The molecule has 2 aromatic heterocycles. The van der Waals surface area contributed by atoms with Gasteiger partial charge in [0.25, 0.3) is 5.91 Å². The normalized spacial score (nSPS) is 10.6. The van der Waals surface area contributed by atoms with Crippen molar-refractivity contribution in [3.63, 3.8) is 0 Å². The second-order valence-electron chi connectivity index (χ2n) is 3.91. The molecule has 0 aliphatic heterocycles. The van der Waals surface area contributed by atoms with Gasteiger partial charge in [-0.25, -0.2) is 4.98 Å². The molecular weight excluding hydrogens is 250 g/mol. The number of hydrogen-bond donors (Lipinski definition) is 2. The van der Waals surface area contributed by atoms with Crippen LogP contribution in [0, 0.1) is 13.8 Å². The minimum absolute atomic E-state index is 0.274. The van der Waals surface area contributed by atoms with E-state index in [2.05, 4.69) is 15.4 Å². The molecule has 96 valence electrons. The molecule has 0 saturated heterocycles. The minimum atomic E-state index is -0.274. The van der Waals surface area contributed by atoms with Crippen LogP contribution in [0.3, 0.4) is 0 Å². The Bertz CT molecular complexity index is 586. The summed E-state index contributed by atoms with van der Waals surface area (Å²) < 4.78 is 1.60. The Balaban J connectivity index is 2.28. The van der Waals surface area contributed by atoms with E-state index in [1.807, 2.05) is 19.2 Å². The number of aromatic nitrogens is 3. The molecule has 0 radical (unpaired) electrons. The first kappa shape index (κ1) is 12.6. The highest BCUT2D eigenvalue weighted by Gasteiger charge is 2.19. The molecule has 0 bridgehead atoms. The van der Waals surface area contributed by atoms with Crippen LogP contribution in [0.1, 0.15) is 28.8 Å². The lowest BCUT2D eigenvalue weighted by molar-refractivity contribution is 0.101. The number of carbonyl (C=O) groups excluding carboxylic acids is 1. The van der Waals surface area contributed by atoms with E-state index in [1.54, 1.807) is 11.6 Å². The standard InChI is InChI=1S/C11H15N5OS/c1-4-16-9(8(12)7(3)15-16)10(17)14-11-13-6(2)5-18-11/h5H,4,12H2,1-3H3,(H,13,14,17). The number of rotatable bonds is 3. The van der Waals surface area contributed by atoms with Gasteiger partial charge < -0.3 is 5.73 Å². The lowest BCUT2D eigenvalue weighted by Gasteiger charge is -2.05. The quantitative estimate of drug-likeness (QED) is 0.886. The van der Waals surface area contributed by atoms with E-state index >= 15 is 0 Å². The van der Waals surface area contributed by atoms with E-state index < -0.39 is 0 Å². The van der Waals surface area contributed by atoms with E-state index in [1.165, 1.54) is 11.3 Å². The third kappa shape index (κ3) is 2.21. The monoisotopic (exact) mass is 265 g/mol. The Kier molecular flexibility index (Phi) is 3.33. The molecule has 7 heteroatoms. The lowest BCUT2D eigenvalue weighted by atomic mass is 10.3.